The first-order valence-electron chi connectivity index (χ1n) is 7.13. The summed E-state index contributed by atoms with van der Waals surface area (Å²) in [6.07, 6.45) is 2.79. The van der Waals surface area contributed by atoms with Crippen LogP contribution in [0, 0.1) is 0 Å². The van der Waals surface area contributed by atoms with Gasteiger partial charge in [0.25, 0.3) is 5.91 Å². The Morgan fingerprint density at radius 2 is 2.25 bits per heavy atom. The van der Waals surface area contributed by atoms with E-state index < -0.39 is 0 Å². The van der Waals surface area contributed by atoms with Gasteiger partial charge >= 0.3 is 0 Å². The van der Waals surface area contributed by atoms with Crippen LogP contribution in [0.2, 0.25) is 0 Å². The molecule has 1 fully saturated rings. The van der Waals surface area contributed by atoms with Crippen molar-refractivity contribution >= 4 is 17.5 Å². The Morgan fingerprint density at radius 3 is 2.95 bits per heavy atom. The van der Waals surface area contributed by atoms with Crippen LogP contribution >= 0.6 is 0 Å². The zero-order valence-electron chi connectivity index (χ0n) is 11.7. The summed E-state index contributed by atoms with van der Waals surface area (Å²) in [5.41, 5.74) is 1.23. The Labute approximate surface area is 119 Å². The van der Waals surface area contributed by atoms with E-state index in [-0.39, 0.29) is 17.9 Å². The van der Waals surface area contributed by atoms with E-state index >= 15 is 0 Å². The molecule has 0 aromatic heterocycles. The van der Waals surface area contributed by atoms with Crippen molar-refractivity contribution in [3.63, 3.8) is 0 Å². The van der Waals surface area contributed by atoms with E-state index in [1.54, 1.807) is 24.3 Å². The fourth-order valence-corrected chi connectivity index (χ4v) is 2.22. The number of hydrogen-bond donors (Lipinski definition) is 3. The molecule has 1 aromatic carbocycles. The largest absolute Gasteiger partial charge is 0.352 e. The molecule has 0 unspecified atom stereocenters. The van der Waals surface area contributed by atoms with Crippen molar-refractivity contribution < 1.29 is 9.59 Å². The molecule has 1 heterocycles. The number of benzene rings is 1. The predicted molar refractivity (Wildman–Crippen MR) is 78.7 cm³/mol. The standard InChI is InChI=1S/C15H21N3O2/c1-2-8-17-14(19)11-5-3-6-12(10-11)18-15(20)13-7-4-9-16-13/h3,5-6,10,13,16H,2,4,7-9H2,1H3,(H,17,19)(H,18,20)/t13-/m1/s1. The smallest absolute Gasteiger partial charge is 0.251 e. The molecule has 1 atom stereocenters. The van der Waals surface area contributed by atoms with E-state index in [0.717, 1.165) is 25.8 Å². The molecule has 2 amide bonds. The van der Waals surface area contributed by atoms with Crippen molar-refractivity contribution in [2.45, 2.75) is 32.2 Å². The second-order valence-electron chi connectivity index (χ2n) is 4.97. The van der Waals surface area contributed by atoms with Crippen LogP contribution in [0.1, 0.15) is 36.5 Å². The average Bonchev–Trinajstić information content (AvgIpc) is 2.99. The normalized spacial score (nSPS) is 17.8. The molecule has 1 saturated heterocycles. The van der Waals surface area contributed by atoms with E-state index in [1.165, 1.54) is 0 Å². The molecule has 0 aliphatic carbocycles. The van der Waals surface area contributed by atoms with Gasteiger partial charge in [0.2, 0.25) is 5.91 Å². The predicted octanol–water partition coefficient (Wildman–Crippen LogP) is 1.52. The highest BCUT2D eigenvalue weighted by Crippen LogP contribution is 2.13. The van der Waals surface area contributed by atoms with Crippen LogP contribution in [0.25, 0.3) is 0 Å². The van der Waals surface area contributed by atoms with Crippen LogP contribution in [-0.2, 0) is 4.79 Å². The molecule has 108 valence electrons. The summed E-state index contributed by atoms with van der Waals surface area (Å²) in [7, 11) is 0. The number of anilines is 1. The van der Waals surface area contributed by atoms with Crippen molar-refractivity contribution in [2.75, 3.05) is 18.4 Å². The molecule has 0 spiro atoms. The summed E-state index contributed by atoms with van der Waals surface area (Å²) in [6, 6.07) is 6.90. The first-order chi connectivity index (χ1) is 9.70. The highest BCUT2D eigenvalue weighted by Gasteiger charge is 2.21. The maximum absolute atomic E-state index is 12.0. The second-order valence-corrected chi connectivity index (χ2v) is 4.97. The summed E-state index contributed by atoms with van der Waals surface area (Å²) in [5.74, 6) is -0.143. The first kappa shape index (κ1) is 14.5. The summed E-state index contributed by atoms with van der Waals surface area (Å²) in [5, 5.41) is 8.82. The molecular weight excluding hydrogens is 254 g/mol. The van der Waals surface area contributed by atoms with Crippen molar-refractivity contribution in [3.05, 3.63) is 29.8 Å². The fraction of sp³-hybridized carbons (Fsp3) is 0.467. The van der Waals surface area contributed by atoms with Crippen LogP contribution in [0.4, 0.5) is 5.69 Å². The fourth-order valence-electron chi connectivity index (χ4n) is 2.22. The molecule has 1 aliphatic heterocycles. The SMILES string of the molecule is CCCNC(=O)c1cccc(NC(=O)[C@H]2CCCN2)c1. The van der Waals surface area contributed by atoms with Gasteiger partial charge in [0.1, 0.15) is 0 Å². The van der Waals surface area contributed by atoms with E-state index in [4.69, 9.17) is 0 Å². The molecule has 1 aliphatic rings. The van der Waals surface area contributed by atoms with E-state index in [9.17, 15) is 9.59 Å². The summed E-state index contributed by atoms with van der Waals surface area (Å²) < 4.78 is 0. The Kier molecular flexibility index (Phi) is 5.12. The lowest BCUT2D eigenvalue weighted by Crippen LogP contribution is -2.35. The Morgan fingerprint density at radius 1 is 1.40 bits per heavy atom. The minimum atomic E-state index is -0.118. The van der Waals surface area contributed by atoms with E-state index in [1.807, 2.05) is 6.92 Å². The Bertz CT molecular complexity index is 482. The second kappa shape index (κ2) is 7.05. The van der Waals surface area contributed by atoms with Gasteiger partial charge in [-0.15, -0.1) is 0 Å². The third-order valence-electron chi connectivity index (χ3n) is 3.30. The maximum atomic E-state index is 12.0. The molecule has 3 N–H and O–H groups in total. The van der Waals surface area contributed by atoms with Gasteiger partial charge in [-0.05, 0) is 44.0 Å². The number of carbonyl (C=O) groups excluding carboxylic acids is 2. The number of carbonyl (C=O) groups is 2. The zero-order chi connectivity index (χ0) is 14.4. The van der Waals surface area contributed by atoms with Crippen LogP contribution in [0.15, 0.2) is 24.3 Å². The Balaban J connectivity index is 1.98. The van der Waals surface area contributed by atoms with Gasteiger partial charge < -0.3 is 16.0 Å². The highest BCUT2D eigenvalue weighted by molar-refractivity contribution is 5.98. The van der Waals surface area contributed by atoms with Crippen LogP contribution in [0.3, 0.4) is 0 Å². The molecular formula is C15H21N3O2. The molecule has 20 heavy (non-hydrogen) atoms. The molecule has 0 bridgehead atoms. The average molecular weight is 275 g/mol. The van der Waals surface area contributed by atoms with Crippen molar-refractivity contribution in [3.8, 4) is 0 Å². The Hall–Kier alpha value is -1.88. The van der Waals surface area contributed by atoms with E-state index in [0.29, 0.717) is 17.8 Å². The summed E-state index contributed by atoms with van der Waals surface area (Å²) >= 11 is 0. The van der Waals surface area contributed by atoms with Crippen molar-refractivity contribution in [1.82, 2.24) is 10.6 Å². The molecule has 2 rings (SSSR count). The van der Waals surface area contributed by atoms with Gasteiger partial charge in [-0.1, -0.05) is 13.0 Å². The minimum absolute atomic E-state index is 0.0337. The minimum Gasteiger partial charge on any atom is -0.352 e. The molecule has 0 radical (unpaired) electrons. The third-order valence-corrected chi connectivity index (χ3v) is 3.30. The van der Waals surface area contributed by atoms with Gasteiger partial charge in [-0.3, -0.25) is 9.59 Å². The van der Waals surface area contributed by atoms with Gasteiger partial charge in [-0.25, -0.2) is 0 Å². The van der Waals surface area contributed by atoms with Crippen molar-refractivity contribution in [2.24, 2.45) is 0 Å². The van der Waals surface area contributed by atoms with Gasteiger partial charge in [0.15, 0.2) is 0 Å². The highest BCUT2D eigenvalue weighted by atomic mass is 16.2. The molecule has 0 saturated carbocycles. The zero-order valence-corrected chi connectivity index (χ0v) is 11.7. The number of rotatable bonds is 5. The van der Waals surface area contributed by atoms with Crippen LogP contribution in [0.5, 0.6) is 0 Å². The van der Waals surface area contributed by atoms with E-state index in [2.05, 4.69) is 16.0 Å². The topological polar surface area (TPSA) is 70.2 Å². The monoisotopic (exact) mass is 275 g/mol. The lowest BCUT2D eigenvalue weighted by molar-refractivity contribution is -0.117. The first-order valence-corrected chi connectivity index (χ1v) is 7.13. The van der Waals surface area contributed by atoms with Crippen LogP contribution < -0.4 is 16.0 Å². The molecule has 1 aromatic rings. The lowest BCUT2D eigenvalue weighted by atomic mass is 10.1. The van der Waals surface area contributed by atoms with Gasteiger partial charge in [0, 0.05) is 17.8 Å². The maximum Gasteiger partial charge on any atom is 0.251 e. The lowest BCUT2D eigenvalue weighted by Gasteiger charge is -2.12. The van der Waals surface area contributed by atoms with Crippen LogP contribution in [-0.4, -0.2) is 30.9 Å². The number of amides is 2. The van der Waals surface area contributed by atoms with Gasteiger partial charge in [0.05, 0.1) is 6.04 Å². The van der Waals surface area contributed by atoms with Crippen molar-refractivity contribution in [1.29, 1.82) is 0 Å². The number of hydrogen-bond acceptors (Lipinski definition) is 3. The molecule has 5 nitrogen and oxygen atoms in total. The number of nitrogens with one attached hydrogen (secondary N) is 3. The molecule has 5 heteroatoms. The summed E-state index contributed by atoms with van der Waals surface area (Å²) in [6.45, 7) is 3.55. The van der Waals surface area contributed by atoms with Gasteiger partial charge in [-0.2, -0.15) is 0 Å². The summed E-state index contributed by atoms with van der Waals surface area (Å²) in [4.78, 5) is 23.9. The quantitative estimate of drug-likeness (QED) is 0.763. The third kappa shape index (κ3) is 3.81.